The van der Waals surface area contributed by atoms with E-state index in [1.807, 2.05) is 30.3 Å². The van der Waals surface area contributed by atoms with Crippen LogP contribution in [-0.2, 0) is 17.8 Å². The summed E-state index contributed by atoms with van der Waals surface area (Å²) in [6.07, 6.45) is 5.18. The minimum absolute atomic E-state index is 0.194. The van der Waals surface area contributed by atoms with Gasteiger partial charge in [-0.3, -0.25) is 14.7 Å². The first kappa shape index (κ1) is 22.1. The normalized spacial score (nSPS) is 14.2. The van der Waals surface area contributed by atoms with Gasteiger partial charge in [0.05, 0.1) is 18.8 Å². The lowest BCUT2D eigenvalue weighted by atomic mass is 10.2. The van der Waals surface area contributed by atoms with Crippen molar-refractivity contribution in [1.82, 2.24) is 19.4 Å². The highest BCUT2D eigenvalue weighted by atomic mass is 16.5. The first-order valence-corrected chi connectivity index (χ1v) is 11.6. The number of rotatable bonds is 8. The van der Waals surface area contributed by atoms with E-state index in [4.69, 9.17) is 4.74 Å². The number of aromatic nitrogens is 3. The van der Waals surface area contributed by atoms with Crippen molar-refractivity contribution in [2.24, 2.45) is 0 Å². The van der Waals surface area contributed by atoms with Crippen molar-refractivity contribution < 1.29 is 9.53 Å². The highest BCUT2D eigenvalue weighted by Gasteiger charge is 2.17. The lowest BCUT2D eigenvalue weighted by Crippen LogP contribution is -2.38. The number of nitrogens with zero attached hydrogens (tertiary/aromatic N) is 4. The lowest BCUT2D eigenvalue weighted by Gasteiger charge is -2.27. The number of ether oxygens (including phenoxy) is 1. The van der Waals surface area contributed by atoms with E-state index >= 15 is 0 Å². The summed E-state index contributed by atoms with van der Waals surface area (Å²) in [6, 6.07) is 17.7. The number of benzene rings is 1. The molecule has 4 aromatic rings. The van der Waals surface area contributed by atoms with E-state index < -0.39 is 0 Å². The van der Waals surface area contributed by atoms with Crippen molar-refractivity contribution in [3.63, 3.8) is 0 Å². The Hall–Kier alpha value is -3.75. The third-order valence-electron chi connectivity index (χ3n) is 6.06. The van der Waals surface area contributed by atoms with Crippen molar-refractivity contribution in [2.45, 2.75) is 13.1 Å². The second-order valence-electron chi connectivity index (χ2n) is 8.26. The SMILES string of the molecule is O=C(Nc1cc2ccccc2n1CCN1CCOCC1)c1cccnc1NCc1ccncc1. The molecule has 0 spiro atoms. The number of para-hydroxylation sites is 1. The first-order valence-electron chi connectivity index (χ1n) is 11.6. The molecule has 1 aliphatic rings. The summed E-state index contributed by atoms with van der Waals surface area (Å²) in [7, 11) is 0. The molecule has 0 unspecified atom stereocenters. The van der Waals surface area contributed by atoms with E-state index in [0.29, 0.717) is 17.9 Å². The molecule has 1 saturated heterocycles. The molecule has 1 fully saturated rings. The van der Waals surface area contributed by atoms with Crippen molar-refractivity contribution in [1.29, 1.82) is 0 Å². The topological polar surface area (TPSA) is 84.3 Å². The molecule has 2 N–H and O–H groups in total. The van der Waals surface area contributed by atoms with Crippen LogP contribution in [0.25, 0.3) is 10.9 Å². The van der Waals surface area contributed by atoms with Crippen LogP contribution in [0, 0.1) is 0 Å². The van der Waals surface area contributed by atoms with Crippen molar-refractivity contribution in [3.8, 4) is 0 Å². The van der Waals surface area contributed by atoms with Gasteiger partial charge in [0, 0.05) is 62.2 Å². The maximum Gasteiger partial charge on any atom is 0.260 e. The summed E-state index contributed by atoms with van der Waals surface area (Å²) >= 11 is 0. The molecule has 0 bridgehead atoms. The number of nitrogens with one attached hydrogen (secondary N) is 2. The quantitative estimate of drug-likeness (QED) is 0.421. The fraction of sp³-hybridized carbons (Fsp3) is 0.269. The van der Waals surface area contributed by atoms with Crippen LogP contribution in [0.5, 0.6) is 0 Å². The van der Waals surface area contributed by atoms with Crippen LogP contribution in [0.4, 0.5) is 11.6 Å². The Labute approximate surface area is 198 Å². The molecule has 0 radical (unpaired) electrons. The summed E-state index contributed by atoms with van der Waals surface area (Å²) < 4.78 is 7.65. The van der Waals surface area contributed by atoms with Crippen LogP contribution < -0.4 is 10.6 Å². The highest BCUT2D eigenvalue weighted by Crippen LogP contribution is 2.25. The lowest BCUT2D eigenvalue weighted by molar-refractivity contribution is 0.0366. The Morgan fingerprint density at radius 1 is 0.971 bits per heavy atom. The van der Waals surface area contributed by atoms with E-state index in [-0.39, 0.29) is 5.91 Å². The summed E-state index contributed by atoms with van der Waals surface area (Å²) in [5.74, 6) is 1.14. The van der Waals surface area contributed by atoms with Crippen LogP contribution in [0.15, 0.2) is 73.2 Å². The van der Waals surface area contributed by atoms with Gasteiger partial charge in [0.1, 0.15) is 11.6 Å². The number of anilines is 2. The monoisotopic (exact) mass is 456 g/mol. The van der Waals surface area contributed by atoms with Gasteiger partial charge in [-0.1, -0.05) is 18.2 Å². The maximum atomic E-state index is 13.3. The van der Waals surface area contributed by atoms with Gasteiger partial charge in [-0.2, -0.15) is 0 Å². The van der Waals surface area contributed by atoms with E-state index in [1.165, 1.54) is 0 Å². The van der Waals surface area contributed by atoms with Crippen LogP contribution in [0.1, 0.15) is 15.9 Å². The van der Waals surface area contributed by atoms with Crippen LogP contribution >= 0.6 is 0 Å². The zero-order chi connectivity index (χ0) is 23.2. The molecule has 4 heterocycles. The van der Waals surface area contributed by atoms with Crippen molar-refractivity contribution >= 4 is 28.4 Å². The molecule has 174 valence electrons. The predicted molar refractivity (Wildman–Crippen MR) is 133 cm³/mol. The molecule has 1 aromatic carbocycles. The standard InChI is InChI=1S/C26H28N6O2/c33-26(22-5-3-9-28-25(22)29-19-20-7-10-27-11-8-20)30-24-18-21-4-1-2-6-23(21)32(24)13-12-31-14-16-34-17-15-31/h1-11,18H,12-17,19H2,(H,28,29)(H,30,33). The third-order valence-corrected chi connectivity index (χ3v) is 6.06. The molecule has 0 aliphatic carbocycles. The predicted octanol–water partition coefficient (Wildman–Crippen LogP) is 3.63. The van der Waals surface area contributed by atoms with E-state index in [2.05, 4.69) is 42.2 Å². The molecule has 8 heteroatoms. The Balaban J connectivity index is 1.35. The van der Waals surface area contributed by atoms with E-state index in [1.54, 1.807) is 30.7 Å². The van der Waals surface area contributed by atoms with E-state index in [0.717, 1.165) is 61.7 Å². The van der Waals surface area contributed by atoms with Gasteiger partial charge in [-0.05, 0) is 42.0 Å². The molecule has 8 nitrogen and oxygen atoms in total. The smallest absolute Gasteiger partial charge is 0.260 e. The minimum atomic E-state index is -0.194. The Morgan fingerprint density at radius 2 is 1.79 bits per heavy atom. The van der Waals surface area contributed by atoms with E-state index in [9.17, 15) is 4.79 Å². The number of morpholine rings is 1. The fourth-order valence-electron chi connectivity index (χ4n) is 4.22. The molecule has 5 rings (SSSR count). The summed E-state index contributed by atoms with van der Waals surface area (Å²) in [6.45, 7) is 5.64. The van der Waals surface area contributed by atoms with Gasteiger partial charge >= 0.3 is 0 Å². The number of pyridine rings is 2. The fourth-order valence-corrected chi connectivity index (χ4v) is 4.22. The first-order chi connectivity index (χ1) is 16.8. The Morgan fingerprint density at radius 3 is 2.65 bits per heavy atom. The Kier molecular flexibility index (Phi) is 6.78. The Bertz CT molecular complexity index is 1250. The van der Waals surface area contributed by atoms with Gasteiger partial charge in [-0.25, -0.2) is 4.98 Å². The molecule has 0 saturated carbocycles. The summed E-state index contributed by atoms with van der Waals surface area (Å²) in [5.41, 5.74) is 2.67. The number of hydrogen-bond donors (Lipinski definition) is 2. The second kappa shape index (κ2) is 10.5. The van der Waals surface area contributed by atoms with Crippen molar-refractivity contribution in [3.05, 3.63) is 84.3 Å². The number of carbonyl (C=O) groups excluding carboxylic acids is 1. The molecular weight excluding hydrogens is 428 g/mol. The molecule has 0 atom stereocenters. The number of carbonyl (C=O) groups is 1. The molecule has 3 aromatic heterocycles. The second-order valence-corrected chi connectivity index (χ2v) is 8.26. The van der Waals surface area contributed by atoms with Gasteiger partial charge in [0.25, 0.3) is 5.91 Å². The average Bonchev–Trinajstić information content (AvgIpc) is 3.24. The highest BCUT2D eigenvalue weighted by molar-refractivity contribution is 6.08. The molecular formula is C26H28N6O2. The largest absolute Gasteiger partial charge is 0.379 e. The maximum absolute atomic E-state index is 13.3. The number of fused-ring (bicyclic) bond motifs is 1. The molecule has 1 aliphatic heterocycles. The average molecular weight is 457 g/mol. The number of amides is 1. The van der Waals surface area contributed by atoms with Gasteiger partial charge in [0.2, 0.25) is 0 Å². The van der Waals surface area contributed by atoms with Gasteiger partial charge in [0.15, 0.2) is 0 Å². The van der Waals surface area contributed by atoms with Crippen LogP contribution in [-0.4, -0.2) is 58.2 Å². The minimum Gasteiger partial charge on any atom is -0.379 e. The van der Waals surface area contributed by atoms with Gasteiger partial charge in [-0.15, -0.1) is 0 Å². The van der Waals surface area contributed by atoms with Crippen molar-refractivity contribution in [2.75, 3.05) is 43.5 Å². The molecule has 34 heavy (non-hydrogen) atoms. The zero-order valence-corrected chi connectivity index (χ0v) is 19.0. The summed E-state index contributed by atoms with van der Waals surface area (Å²) in [4.78, 5) is 24.2. The number of hydrogen-bond acceptors (Lipinski definition) is 6. The zero-order valence-electron chi connectivity index (χ0n) is 19.0. The van der Waals surface area contributed by atoms with Crippen LogP contribution in [0.3, 0.4) is 0 Å². The van der Waals surface area contributed by atoms with Crippen LogP contribution in [0.2, 0.25) is 0 Å². The third kappa shape index (κ3) is 5.08. The van der Waals surface area contributed by atoms with Gasteiger partial charge < -0.3 is 19.9 Å². The molecule has 1 amide bonds. The summed E-state index contributed by atoms with van der Waals surface area (Å²) in [5, 5.41) is 7.51.